The summed E-state index contributed by atoms with van der Waals surface area (Å²) in [4.78, 5) is 0.286. The van der Waals surface area contributed by atoms with Crippen molar-refractivity contribution in [3.8, 4) is 0 Å². The Balaban J connectivity index is 2.23. The molecule has 2 rings (SSSR count). The van der Waals surface area contributed by atoms with Crippen molar-refractivity contribution < 1.29 is 8.42 Å². The van der Waals surface area contributed by atoms with Crippen LogP contribution in [0.1, 0.15) is 19.8 Å². The number of halogens is 2. The lowest BCUT2D eigenvalue weighted by Crippen LogP contribution is -2.27. The zero-order valence-electron chi connectivity index (χ0n) is 9.28. The highest BCUT2D eigenvalue weighted by Gasteiger charge is 2.39. The molecule has 1 aliphatic carbocycles. The average molecular weight is 383 g/mol. The van der Waals surface area contributed by atoms with E-state index in [9.17, 15) is 8.42 Å². The fraction of sp³-hybridized carbons (Fsp3) is 0.455. The summed E-state index contributed by atoms with van der Waals surface area (Å²) in [6, 6.07) is 5.24. The molecule has 0 saturated heterocycles. The molecule has 1 aromatic rings. The standard InChI is InChI=1S/C11H13Br2NO2S/c1-2-7-5-10(7)14-17(15,16)11-6-8(12)3-4-9(11)13/h3-4,6-7,10,14H,2,5H2,1H3. The summed E-state index contributed by atoms with van der Waals surface area (Å²) in [6.07, 6.45) is 1.97. The van der Waals surface area contributed by atoms with Gasteiger partial charge in [-0.2, -0.15) is 0 Å². The SMILES string of the molecule is CCC1CC1NS(=O)(=O)c1cc(Br)ccc1Br. The van der Waals surface area contributed by atoms with Crippen molar-refractivity contribution in [3.05, 3.63) is 27.1 Å². The van der Waals surface area contributed by atoms with E-state index in [0.29, 0.717) is 10.4 Å². The van der Waals surface area contributed by atoms with Gasteiger partial charge in [0.05, 0.1) is 4.90 Å². The lowest BCUT2D eigenvalue weighted by atomic mass is 10.3. The van der Waals surface area contributed by atoms with Crippen molar-refractivity contribution in [3.63, 3.8) is 0 Å². The highest BCUT2D eigenvalue weighted by Crippen LogP contribution is 2.35. The number of nitrogens with one attached hydrogen (secondary N) is 1. The fourth-order valence-corrected chi connectivity index (χ4v) is 4.61. The van der Waals surface area contributed by atoms with Crippen LogP contribution in [0.15, 0.2) is 32.0 Å². The van der Waals surface area contributed by atoms with Crippen LogP contribution in [0.5, 0.6) is 0 Å². The molecule has 1 saturated carbocycles. The molecule has 0 bridgehead atoms. The molecule has 1 fully saturated rings. The first-order valence-corrected chi connectivity index (χ1v) is 8.48. The predicted octanol–water partition coefficient (Wildman–Crippen LogP) is 3.29. The summed E-state index contributed by atoms with van der Waals surface area (Å²) in [7, 11) is -3.42. The molecule has 0 aromatic heterocycles. The van der Waals surface area contributed by atoms with E-state index >= 15 is 0 Å². The van der Waals surface area contributed by atoms with Crippen LogP contribution in [-0.2, 0) is 10.0 Å². The minimum atomic E-state index is -3.42. The second-order valence-electron chi connectivity index (χ2n) is 4.21. The highest BCUT2D eigenvalue weighted by atomic mass is 79.9. The van der Waals surface area contributed by atoms with E-state index in [0.717, 1.165) is 17.3 Å². The smallest absolute Gasteiger partial charge is 0.208 e. The minimum absolute atomic E-state index is 0.107. The maximum Gasteiger partial charge on any atom is 0.241 e. The largest absolute Gasteiger partial charge is 0.241 e. The summed E-state index contributed by atoms with van der Waals surface area (Å²) >= 11 is 6.55. The molecule has 1 aromatic carbocycles. The first kappa shape index (κ1) is 13.5. The van der Waals surface area contributed by atoms with E-state index in [4.69, 9.17) is 0 Å². The van der Waals surface area contributed by atoms with E-state index in [-0.39, 0.29) is 10.9 Å². The van der Waals surface area contributed by atoms with Crippen molar-refractivity contribution >= 4 is 41.9 Å². The van der Waals surface area contributed by atoms with E-state index in [1.54, 1.807) is 18.2 Å². The Kier molecular flexibility index (Phi) is 3.97. The molecule has 1 N–H and O–H groups in total. The maximum absolute atomic E-state index is 12.2. The normalized spacial score (nSPS) is 23.7. The molecular formula is C11H13Br2NO2S. The molecule has 2 unspecified atom stereocenters. The second-order valence-corrected chi connectivity index (χ2v) is 7.66. The van der Waals surface area contributed by atoms with E-state index in [1.165, 1.54) is 0 Å². The Morgan fingerprint density at radius 2 is 2.12 bits per heavy atom. The summed E-state index contributed by atoms with van der Waals surface area (Å²) in [5.41, 5.74) is 0. The van der Waals surface area contributed by atoms with E-state index in [2.05, 4.69) is 43.5 Å². The van der Waals surface area contributed by atoms with Gasteiger partial charge in [-0.3, -0.25) is 0 Å². The van der Waals surface area contributed by atoms with Gasteiger partial charge in [0.25, 0.3) is 0 Å². The molecule has 2 atom stereocenters. The molecule has 6 heteroatoms. The van der Waals surface area contributed by atoms with Crippen LogP contribution in [0.4, 0.5) is 0 Å². The maximum atomic E-state index is 12.2. The summed E-state index contributed by atoms with van der Waals surface area (Å²) < 4.78 is 28.4. The van der Waals surface area contributed by atoms with Crippen LogP contribution in [0.2, 0.25) is 0 Å². The molecule has 0 spiro atoms. The fourth-order valence-electron chi connectivity index (χ4n) is 1.79. The van der Waals surface area contributed by atoms with Gasteiger partial charge in [0, 0.05) is 15.0 Å². The number of sulfonamides is 1. The topological polar surface area (TPSA) is 46.2 Å². The summed E-state index contributed by atoms with van der Waals surface area (Å²) in [5.74, 6) is 0.496. The zero-order valence-corrected chi connectivity index (χ0v) is 13.3. The number of hydrogen-bond acceptors (Lipinski definition) is 2. The highest BCUT2D eigenvalue weighted by molar-refractivity contribution is 9.11. The molecule has 0 aliphatic heterocycles. The Morgan fingerprint density at radius 1 is 1.41 bits per heavy atom. The lowest BCUT2D eigenvalue weighted by Gasteiger charge is -2.08. The van der Waals surface area contributed by atoms with Crippen LogP contribution in [0.3, 0.4) is 0 Å². The molecule has 94 valence electrons. The van der Waals surface area contributed by atoms with Gasteiger partial charge < -0.3 is 0 Å². The molecule has 0 radical (unpaired) electrons. The third-order valence-corrected chi connectivity index (χ3v) is 5.91. The van der Waals surface area contributed by atoms with Crippen LogP contribution in [-0.4, -0.2) is 14.5 Å². The quantitative estimate of drug-likeness (QED) is 0.868. The number of benzene rings is 1. The zero-order chi connectivity index (χ0) is 12.6. The van der Waals surface area contributed by atoms with E-state index in [1.807, 2.05) is 0 Å². The van der Waals surface area contributed by atoms with Crippen molar-refractivity contribution in [2.45, 2.75) is 30.7 Å². The Bertz CT molecular complexity index is 530. The number of rotatable bonds is 4. The number of hydrogen-bond donors (Lipinski definition) is 1. The molecule has 0 heterocycles. The van der Waals surface area contributed by atoms with Gasteiger partial charge in [-0.25, -0.2) is 13.1 Å². The lowest BCUT2D eigenvalue weighted by molar-refractivity contribution is 0.575. The molecule has 3 nitrogen and oxygen atoms in total. The monoisotopic (exact) mass is 381 g/mol. The van der Waals surface area contributed by atoms with Crippen molar-refractivity contribution in [2.75, 3.05) is 0 Å². The van der Waals surface area contributed by atoms with Gasteiger partial charge in [0.1, 0.15) is 0 Å². The Hall–Kier alpha value is 0.0900. The Labute approximate surface area is 118 Å². The minimum Gasteiger partial charge on any atom is -0.208 e. The van der Waals surface area contributed by atoms with Gasteiger partial charge >= 0.3 is 0 Å². The van der Waals surface area contributed by atoms with Gasteiger partial charge in [0.15, 0.2) is 0 Å². The van der Waals surface area contributed by atoms with E-state index < -0.39 is 10.0 Å². The first-order chi connectivity index (χ1) is 7.94. The first-order valence-electron chi connectivity index (χ1n) is 5.41. The molecular weight excluding hydrogens is 370 g/mol. The van der Waals surface area contributed by atoms with Gasteiger partial charge in [-0.1, -0.05) is 29.3 Å². The van der Waals surface area contributed by atoms with Crippen LogP contribution in [0.25, 0.3) is 0 Å². The third-order valence-electron chi connectivity index (χ3n) is 2.94. The van der Waals surface area contributed by atoms with Gasteiger partial charge in [-0.05, 0) is 46.5 Å². The van der Waals surface area contributed by atoms with Gasteiger partial charge in [-0.15, -0.1) is 0 Å². The summed E-state index contributed by atoms with van der Waals surface area (Å²) in [5, 5.41) is 0. The van der Waals surface area contributed by atoms with Gasteiger partial charge in [0.2, 0.25) is 10.0 Å². The van der Waals surface area contributed by atoms with Crippen molar-refractivity contribution in [2.24, 2.45) is 5.92 Å². The third kappa shape index (κ3) is 3.10. The molecule has 1 aliphatic rings. The average Bonchev–Trinajstić information content (AvgIpc) is 2.99. The molecule has 17 heavy (non-hydrogen) atoms. The van der Waals surface area contributed by atoms with Crippen LogP contribution < -0.4 is 4.72 Å². The predicted molar refractivity (Wildman–Crippen MR) is 74.3 cm³/mol. The summed E-state index contributed by atoms with van der Waals surface area (Å²) in [6.45, 7) is 2.08. The Morgan fingerprint density at radius 3 is 2.71 bits per heavy atom. The molecule has 0 amide bonds. The van der Waals surface area contributed by atoms with Crippen LogP contribution >= 0.6 is 31.9 Å². The van der Waals surface area contributed by atoms with Crippen molar-refractivity contribution in [1.82, 2.24) is 4.72 Å². The second kappa shape index (κ2) is 4.99. The van der Waals surface area contributed by atoms with Crippen LogP contribution in [0, 0.1) is 5.92 Å². The van der Waals surface area contributed by atoms with Crippen molar-refractivity contribution in [1.29, 1.82) is 0 Å².